The lowest BCUT2D eigenvalue weighted by molar-refractivity contribution is -0.146. The zero-order valence-corrected chi connectivity index (χ0v) is 9.73. The molecule has 2 amide bonds. The predicted molar refractivity (Wildman–Crippen MR) is 57.2 cm³/mol. The van der Waals surface area contributed by atoms with Crippen LogP contribution in [0.3, 0.4) is 0 Å². The molecule has 0 aliphatic heterocycles. The molecule has 3 N–H and O–H groups in total. The van der Waals surface area contributed by atoms with E-state index in [0.29, 0.717) is 0 Å². The Labute approximate surface area is 98.9 Å². The highest BCUT2D eigenvalue weighted by Crippen LogP contribution is 2.04. The summed E-state index contributed by atoms with van der Waals surface area (Å²) in [5, 5.41) is 10.9. The fraction of sp³-hybridized carbons (Fsp3) is 0.600. The molecule has 0 aromatic carbocycles. The monoisotopic (exact) mass is 241 g/mol. The number of amides is 2. The first-order chi connectivity index (χ1) is 7.86. The van der Waals surface area contributed by atoms with E-state index in [1.54, 1.807) is 6.92 Å². The van der Waals surface area contributed by atoms with Gasteiger partial charge < -0.3 is 15.8 Å². The Morgan fingerprint density at radius 2 is 2.06 bits per heavy atom. The van der Waals surface area contributed by atoms with Gasteiger partial charge in [-0.05, 0) is 13.3 Å². The number of carbonyl (C=O) groups excluding carboxylic acids is 3. The third-order valence-corrected chi connectivity index (χ3v) is 1.89. The Bertz CT molecular complexity index is 348. The average molecular weight is 241 g/mol. The lowest BCUT2D eigenvalue weighted by Crippen LogP contribution is -2.46. The summed E-state index contributed by atoms with van der Waals surface area (Å²) >= 11 is 0. The molecule has 0 saturated carbocycles. The van der Waals surface area contributed by atoms with Gasteiger partial charge in [-0.3, -0.25) is 14.4 Å². The number of hydrogen-bond donors (Lipinski definition) is 2. The molecule has 0 heterocycles. The quantitative estimate of drug-likeness (QED) is 0.581. The summed E-state index contributed by atoms with van der Waals surface area (Å²) < 4.78 is 4.45. The van der Waals surface area contributed by atoms with E-state index in [-0.39, 0.29) is 6.42 Å². The van der Waals surface area contributed by atoms with Gasteiger partial charge in [0.15, 0.2) is 6.61 Å². The van der Waals surface area contributed by atoms with Crippen LogP contribution in [0.2, 0.25) is 0 Å². The zero-order chi connectivity index (χ0) is 13.4. The van der Waals surface area contributed by atoms with Crippen LogP contribution < -0.4 is 11.1 Å². The average Bonchev–Trinajstić information content (AvgIpc) is 2.25. The maximum Gasteiger partial charge on any atom is 0.303 e. The van der Waals surface area contributed by atoms with E-state index < -0.39 is 36.4 Å². The molecule has 0 aromatic rings. The number of hydrogen-bond acceptors (Lipinski definition) is 5. The summed E-state index contributed by atoms with van der Waals surface area (Å²) in [5.41, 5.74) is 5.07. The third kappa shape index (κ3) is 6.89. The van der Waals surface area contributed by atoms with Gasteiger partial charge in [0.05, 0.1) is 6.07 Å². The lowest BCUT2D eigenvalue weighted by Gasteiger charge is -2.16. The molecule has 17 heavy (non-hydrogen) atoms. The smallest absolute Gasteiger partial charge is 0.303 e. The number of nitrogens with zero attached hydrogens (tertiary/aromatic N) is 1. The SMILES string of the molecule is CC(=O)OCC(=O)N[C@@H](C[C@H](C)C#N)C(N)=O. The highest BCUT2D eigenvalue weighted by atomic mass is 16.5. The number of nitriles is 1. The van der Waals surface area contributed by atoms with Crippen LogP contribution in [-0.4, -0.2) is 30.4 Å². The van der Waals surface area contributed by atoms with Gasteiger partial charge >= 0.3 is 5.97 Å². The number of rotatable bonds is 6. The van der Waals surface area contributed by atoms with Crippen LogP contribution in [0.25, 0.3) is 0 Å². The molecular weight excluding hydrogens is 226 g/mol. The second-order valence-corrected chi connectivity index (χ2v) is 3.57. The van der Waals surface area contributed by atoms with Gasteiger partial charge in [0.2, 0.25) is 5.91 Å². The van der Waals surface area contributed by atoms with E-state index in [4.69, 9.17) is 11.0 Å². The fourth-order valence-electron chi connectivity index (χ4n) is 1.06. The molecule has 0 aliphatic rings. The maximum atomic E-state index is 11.3. The molecule has 0 spiro atoms. The van der Waals surface area contributed by atoms with Crippen LogP contribution in [0, 0.1) is 17.2 Å². The molecule has 0 radical (unpaired) electrons. The van der Waals surface area contributed by atoms with E-state index in [1.165, 1.54) is 0 Å². The minimum atomic E-state index is -0.937. The van der Waals surface area contributed by atoms with Crippen molar-refractivity contribution in [2.45, 2.75) is 26.3 Å². The van der Waals surface area contributed by atoms with Gasteiger partial charge in [-0.15, -0.1) is 0 Å². The van der Waals surface area contributed by atoms with E-state index in [0.717, 1.165) is 6.92 Å². The van der Waals surface area contributed by atoms with Crippen molar-refractivity contribution in [2.24, 2.45) is 11.7 Å². The number of nitrogens with two attached hydrogens (primary N) is 1. The Kier molecular flexibility index (Phi) is 6.33. The van der Waals surface area contributed by atoms with Gasteiger partial charge in [0.1, 0.15) is 6.04 Å². The standard InChI is InChI=1S/C10H15N3O4/c1-6(4-11)3-8(10(12)16)13-9(15)5-17-7(2)14/h6,8H,3,5H2,1-2H3,(H2,12,16)(H,13,15)/t6-,8-/m0/s1. The molecular formula is C10H15N3O4. The summed E-state index contributed by atoms with van der Waals surface area (Å²) in [6.07, 6.45) is 0.123. The van der Waals surface area contributed by atoms with E-state index in [1.807, 2.05) is 6.07 Å². The highest BCUT2D eigenvalue weighted by molar-refractivity contribution is 5.87. The fourth-order valence-corrected chi connectivity index (χ4v) is 1.06. The molecule has 0 unspecified atom stereocenters. The largest absolute Gasteiger partial charge is 0.456 e. The third-order valence-electron chi connectivity index (χ3n) is 1.89. The van der Waals surface area contributed by atoms with Crippen molar-refractivity contribution < 1.29 is 19.1 Å². The summed E-state index contributed by atoms with van der Waals surface area (Å²) in [4.78, 5) is 32.7. The van der Waals surface area contributed by atoms with Gasteiger partial charge in [-0.25, -0.2) is 0 Å². The molecule has 0 saturated heterocycles. The number of esters is 1. The van der Waals surface area contributed by atoms with E-state index >= 15 is 0 Å². The molecule has 0 rings (SSSR count). The summed E-state index contributed by atoms with van der Waals surface area (Å²) in [7, 11) is 0. The van der Waals surface area contributed by atoms with Crippen LogP contribution >= 0.6 is 0 Å². The van der Waals surface area contributed by atoms with E-state index in [9.17, 15) is 14.4 Å². The Balaban J connectivity index is 4.26. The second kappa shape index (κ2) is 7.22. The van der Waals surface area contributed by atoms with E-state index in [2.05, 4.69) is 10.1 Å². The first kappa shape index (κ1) is 14.9. The zero-order valence-electron chi connectivity index (χ0n) is 9.73. The predicted octanol–water partition coefficient (Wildman–Crippen LogP) is -0.931. The molecule has 0 fully saturated rings. The molecule has 7 nitrogen and oxygen atoms in total. The second-order valence-electron chi connectivity index (χ2n) is 3.57. The Morgan fingerprint density at radius 3 is 2.47 bits per heavy atom. The summed E-state index contributed by atoms with van der Waals surface area (Å²) in [6.45, 7) is 2.30. The number of ether oxygens (including phenoxy) is 1. The first-order valence-electron chi connectivity index (χ1n) is 4.98. The molecule has 0 aliphatic carbocycles. The van der Waals surface area contributed by atoms with Crippen molar-refractivity contribution in [3.8, 4) is 6.07 Å². The number of primary amides is 1. The van der Waals surface area contributed by atoms with Crippen LogP contribution in [-0.2, 0) is 19.1 Å². The summed E-state index contributed by atoms with van der Waals surface area (Å²) in [6, 6.07) is 0.992. The highest BCUT2D eigenvalue weighted by Gasteiger charge is 2.20. The molecule has 0 aromatic heterocycles. The van der Waals surface area contributed by atoms with Crippen LogP contribution in [0.1, 0.15) is 20.3 Å². The van der Waals surface area contributed by atoms with Crippen molar-refractivity contribution in [3.05, 3.63) is 0 Å². The van der Waals surface area contributed by atoms with Crippen LogP contribution in [0.15, 0.2) is 0 Å². The van der Waals surface area contributed by atoms with Crippen LogP contribution in [0.5, 0.6) is 0 Å². The molecule has 2 atom stereocenters. The van der Waals surface area contributed by atoms with Gasteiger partial charge in [-0.1, -0.05) is 0 Å². The van der Waals surface area contributed by atoms with Crippen molar-refractivity contribution in [3.63, 3.8) is 0 Å². The van der Waals surface area contributed by atoms with Crippen LogP contribution in [0.4, 0.5) is 0 Å². The molecule has 0 bridgehead atoms. The first-order valence-corrected chi connectivity index (χ1v) is 4.98. The van der Waals surface area contributed by atoms with Gasteiger partial charge in [-0.2, -0.15) is 5.26 Å². The molecule has 7 heteroatoms. The van der Waals surface area contributed by atoms with Crippen molar-refractivity contribution >= 4 is 17.8 Å². The van der Waals surface area contributed by atoms with Gasteiger partial charge in [0.25, 0.3) is 5.91 Å². The Morgan fingerprint density at radius 1 is 1.47 bits per heavy atom. The topological polar surface area (TPSA) is 122 Å². The normalized spacial score (nSPS) is 13.0. The van der Waals surface area contributed by atoms with Crippen molar-refractivity contribution in [1.29, 1.82) is 5.26 Å². The Hall–Kier alpha value is -2.10. The van der Waals surface area contributed by atoms with Crippen molar-refractivity contribution in [1.82, 2.24) is 5.32 Å². The minimum Gasteiger partial charge on any atom is -0.456 e. The van der Waals surface area contributed by atoms with Crippen molar-refractivity contribution in [2.75, 3.05) is 6.61 Å². The maximum absolute atomic E-state index is 11.3. The minimum absolute atomic E-state index is 0.123. The number of nitrogens with one attached hydrogen (secondary N) is 1. The van der Waals surface area contributed by atoms with Gasteiger partial charge in [0, 0.05) is 12.8 Å². The summed E-state index contributed by atoms with van der Waals surface area (Å²) in [5.74, 6) is -2.37. The lowest BCUT2D eigenvalue weighted by atomic mass is 10.0. The number of carbonyl (C=O) groups is 3. The molecule has 94 valence electrons.